The lowest BCUT2D eigenvalue weighted by atomic mass is 9.99. The Morgan fingerprint density at radius 1 is 0.302 bits per heavy atom. The van der Waals surface area contributed by atoms with E-state index in [4.69, 9.17) is 24.9 Å². The third kappa shape index (κ3) is 7.23. The maximum atomic E-state index is 5.31. The normalized spacial score (nSPS) is 11.3. The van der Waals surface area contributed by atoms with Crippen molar-refractivity contribution in [1.29, 1.82) is 0 Å². The number of rotatable bonds is 8. The number of para-hydroxylation sites is 1. The molecule has 0 aliphatic carbocycles. The summed E-state index contributed by atoms with van der Waals surface area (Å²) in [6.07, 6.45) is 0. The van der Waals surface area contributed by atoms with E-state index in [0.29, 0.717) is 23.3 Å². The van der Waals surface area contributed by atoms with Crippen LogP contribution >= 0.6 is 0 Å². The predicted octanol–water partition coefficient (Wildman–Crippen LogP) is 14.0. The minimum atomic E-state index is 0.552. The predicted molar refractivity (Wildman–Crippen MR) is 257 cm³/mol. The van der Waals surface area contributed by atoms with E-state index in [1.807, 2.05) is 97.1 Å². The van der Waals surface area contributed by atoms with Crippen molar-refractivity contribution in [2.24, 2.45) is 0 Å². The second-order valence-electron chi connectivity index (χ2n) is 15.9. The number of benzene rings is 8. The minimum absolute atomic E-state index is 0.552. The van der Waals surface area contributed by atoms with Gasteiger partial charge >= 0.3 is 0 Å². The fourth-order valence-electron chi connectivity index (χ4n) is 8.62. The van der Waals surface area contributed by atoms with Crippen LogP contribution in [-0.2, 0) is 0 Å². The van der Waals surface area contributed by atoms with Crippen LogP contribution in [0.1, 0.15) is 11.1 Å². The van der Waals surface area contributed by atoms with Crippen LogP contribution in [0.5, 0.6) is 0 Å². The molecule has 11 aromatic rings. The SMILES string of the molecule is Cc1cc(C)cc(-c2ccc3c4ccccc4n(-c4ccc(-c5cc(-c6ccccc6)nc(-c6ccccc6)n5)cc4-c4nc(-c5ccccc5)nc(-c5ccccc5)n4)c3c2)c1. The van der Waals surface area contributed by atoms with Gasteiger partial charge in [-0.3, -0.25) is 0 Å². The summed E-state index contributed by atoms with van der Waals surface area (Å²) in [5.74, 6) is 2.39. The van der Waals surface area contributed by atoms with Gasteiger partial charge < -0.3 is 4.57 Å². The Bertz CT molecular complexity index is 3320. The van der Waals surface area contributed by atoms with E-state index >= 15 is 0 Å². The molecule has 0 aliphatic heterocycles. The number of hydrogen-bond acceptors (Lipinski definition) is 5. The number of hydrogen-bond donors (Lipinski definition) is 0. The summed E-state index contributed by atoms with van der Waals surface area (Å²) in [6, 6.07) is 71.5. The van der Waals surface area contributed by atoms with Gasteiger partial charge in [-0.05, 0) is 55.3 Å². The third-order valence-corrected chi connectivity index (χ3v) is 11.5. The molecule has 3 aromatic heterocycles. The highest BCUT2D eigenvalue weighted by molar-refractivity contribution is 6.10. The zero-order chi connectivity index (χ0) is 42.3. The Labute approximate surface area is 365 Å². The fraction of sp³-hybridized carbons (Fsp3) is 0.0351. The third-order valence-electron chi connectivity index (χ3n) is 11.5. The van der Waals surface area contributed by atoms with Gasteiger partial charge in [0.15, 0.2) is 23.3 Å². The van der Waals surface area contributed by atoms with Gasteiger partial charge in [0.05, 0.1) is 28.1 Å². The molecule has 0 radical (unpaired) electrons. The highest BCUT2D eigenvalue weighted by Crippen LogP contribution is 2.40. The van der Waals surface area contributed by atoms with Crippen molar-refractivity contribution in [3.8, 4) is 84.9 Å². The van der Waals surface area contributed by atoms with Crippen molar-refractivity contribution >= 4 is 21.8 Å². The monoisotopic (exact) mass is 808 g/mol. The smallest absolute Gasteiger partial charge is 0.166 e. The molecule has 298 valence electrons. The summed E-state index contributed by atoms with van der Waals surface area (Å²) in [6.45, 7) is 4.32. The van der Waals surface area contributed by atoms with Crippen LogP contribution < -0.4 is 0 Å². The van der Waals surface area contributed by atoms with E-state index in [0.717, 1.165) is 77.8 Å². The Balaban J connectivity index is 1.21. The number of nitrogens with zero attached hydrogens (tertiary/aromatic N) is 6. The van der Waals surface area contributed by atoms with Gasteiger partial charge in [-0.25, -0.2) is 24.9 Å². The molecule has 0 aliphatic rings. The Morgan fingerprint density at radius 3 is 1.38 bits per heavy atom. The van der Waals surface area contributed by atoms with Crippen LogP contribution in [0.2, 0.25) is 0 Å². The lowest BCUT2D eigenvalue weighted by molar-refractivity contribution is 1.06. The average Bonchev–Trinajstić information content (AvgIpc) is 3.68. The van der Waals surface area contributed by atoms with E-state index < -0.39 is 0 Å². The first kappa shape index (κ1) is 37.6. The van der Waals surface area contributed by atoms with E-state index in [1.54, 1.807) is 0 Å². The van der Waals surface area contributed by atoms with E-state index in [1.165, 1.54) is 16.7 Å². The second-order valence-corrected chi connectivity index (χ2v) is 15.9. The van der Waals surface area contributed by atoms with Gasteiger partial charge in [-0.2, -0.15) is 0 Å². The molecule has 0 saturated carbocycles. The van der Waals surface area contributed by atoms with Gasteiger partial charge in [0.2, 0.25) is 0 Å². The molecule has 0 saturated heterocycles. The number of aryl methyl sites for hydroxylation is 2. The van der Waals surface area contributed by atoms with Crippen LogP contribution in [0.3, 0.4) is 0 Å². The standard InChI is InChI=1S/C57H40N6/c1-37-31-38(2)33-45(32-37)43-27-29-47-46-25-15-16-26-51(46)63(53(47)35-43)52-30-28-44(50-36-49(39-17-7-3-8-18-39)58-54(59-50)40-19-9-4-10-20-40)34-48(52)57-61-55(41-21-11-5-12-22-41)60-56(62-57)42-23-13-6-14-24-42/h3-36H,1-2H3. The van der Waals surface area contributed by atoms with E-state index in [2.05, 4.69) is 128 Å². The average molecular weight is 809 g/mol. The van der Waals surface area contributed by atoms with E-state index in [-0.39, 0.29) is 0 Å². The lowest BCUT2D eigenvalue weighted by Gasteiger charge is -2.17. The lowest BCUT2D eigenvalue weighted by Crippen LogP contribution is -2.04. The molecule has 11 rings (SSSR count). The molecular weight excluding hydrogens is 769 g/mol. The van der Waals surface area contributed by atoms with Crippen molar-refractivity contribution in [2.75, 3.05) is 0 Å². The van der Waals surface area contributed by atoms with Gasteiger partial charge in [-0.1, -0.05) is 187 Å². The van der Waals surface area contributed by atoms with Crippen molar-refractivity contribution in [3.63, 3.8) is 0 Å². The van der Waals surface area contributed by atoms with Gasteiger partial charge in [0, 0.05) is 44.2 Å². The van der Waals surface area contributed by atoms with E-state index in [9.17, 15) is 0 Å². The zero-order valence-electron chi connectivity index (χ0n) is 34.8. The molecule has 0 spiro atoms. The molecule has 63 heavy (non-hydrogen) atoms. The van der Waals surface area contributed by atoms with Crippen molar-refractivity contribution in [3.05, 3.63) is 217 Å². The molecule has 8 aromatic carbocycles. The molecule has 6 heteroatoms. The van der Waals surface area contributed by atoms with Gasteiger partial charge in [-0.15, -0.1) is 0 Å². The van der Waals surface area contributed by atoms with Gasteiger partial charge in [0.25, 0.3) is 0 Å². The summed E-state index contributed by atoms with van der Waals surface area (Å²) >= 11 is 0. The Hall–Kier alpha value is -8.35. The summed E-state index contributed by atoms with van der Waals surface area (Å²) in [7, 11) is 0. The molecule has 6 nitrogen and oxygen atoms in total. The summed E-state index contributed by atoms with van der Waals surface area (Å²) in [4.78, 5) is 26.0. The fourth-order valence-corrected chi connectivity index (χ4v) is 8.62. The highest BCUT2D eigenvalue weighted by atomic mass is 15.1. The first-order valence-corrected chi connectivity index (χ1v) is 21.2. The Kier molecular flexibility index (Phi) is 9.51. The maximum Gasteiger partial charge on any atom is 0.166 e. The van der Waals surface area contributed by atoms with Crippen LogP contribution in [0.25, 0.3) is 107 Å². The highest BCUT2D eigenvalue weighted by Gasteiger charge is 2.22. The summed E-state index contributed by atoms with van der Waals surface area (Å²) in [5, 5.41) is 2.33. The summed E-state index contributed by atoms with van der Waals surface area (Å²) in [5.41, 5.74) is 15.0. The van der Waals surface area contributed by atoms with Crippen molar-refractivity contribution in [1.82, 2.24) is 29.5 Å². The largest absolute Gasteiger partial charge is 0.308 e. The van der Waals surface area contributed by atoms with Crippen LogP contribution in [-0.4, -0.2) is 29.5 Å². The van der Waals surface area contributed by atoms with Gasteiger partial charge in [0.1, 0.15) is 0 Å². The summed E-state index contributed by atoms with van der Waals surface area (Å²) < 4.78 is 2.37. The molecule has 0 fully saturated rings. The topological polar surface area (TPSA) is 69.4 Å². The number of fused-ring (bicyclic) bond motifs is 3. The first-order chi connectivity index (χ1) is 31.0. The van der Waals surface area contributed by atoms with Crippen molar-refractivity contribution in [2.45, 2.75) is 13.8 Å². The quantitative estimate of drug-likeness (QED) is 0.153. The molecule has 0 bridgehead atoms. The maximum absolute atomic E-state index is 5.31. The second kappa shape index (κ2) is 15.9. The zero-order valence-corrected chi connectivity index (χ0v) is 34.8. The first-order valence-electron chi connectivity index (χ1n) is 21.2. The minimum Gasteiger partial charge on any atom is -0.308 e. The molecule has 0 unspecified atom stereocenters. The van der Waals surface area contributed by atoms with Crippen LogP contribution in [0, 0.1) is 13.8 Å². The number of aromatic nitrogens is 6. The molecule has 0 N–H and O–H groups in total. The molecule has 0 atom stereocenters. The molecule has 0 amide bonds. The Morgan fingerprint density at radius 2 is 0.778 bits per heavy atom. The molecule has 3 heterocycles. The van der Waals surface area contributed by atoms with Crippen LogP contribution in [0.4, 0.5) is 0 Å². The molecular formula is C57H40N6. The van der Waals surface area contributed by atoms with Crippen molar-refractivity contribution < 1.29 is 0 Å². The van der Waals surface area contributed by atoms with Crippen LogP contribution in [0.15, 0.2) is 206 Å².